The van der Waals surface area contributed by atoms with Crippen LogP contribution < -0.4 is 0 Å². The van der Waals surface area contributed by atoms with Gasteiger partial charge in [0.1, 0.15) is 5.65 Å². The van der Waals surface area contributed by atoms with Crippen molar-refractivity contribution in [3.8, 4) is 0 Å². The van der Waals surface area contributed by atoms with Gasteiger partial charge < -0.3 is 9.30 Å². The van der Waals surface area contributed by atoms with Crippen molar-refractivity contribution in [1.29, 1.82) is 0 Å². The van der Waals surface area contributed by atoms with Crippen LogP contribution >= 0.6 is 11.8 Å². The van der Waals surface area contributed by atoms with E-state index in [1.807, 2.05) is 54.0 Å². The number of carbonyl (C=O) groups is 1. The van der Waals surface area contributed by atoms with Crippen LogP contribution in [0.3, 0.4) is 0 Å². The molecule has 0 aliphatic rings. The molecule has 1 aromatic carbocycles. The Labute approximate surface area is 161 Å². The van der Waals surface area contributed by atoms with Crippen LogP contribution in [-0.2, 0) is 5.75 Å². The van der Waals surface area contributed by atoms with E-state index in [1.54, 1.807) is 23.9 Å². The van der Waals surface area contributed by atoms with Crippen LogP contribution in [0.15, 0.2) is 59.8 Å². The normalized spacial score (nSPS) is 11.3. The number of thioether (sulfide) groups is 1. The van der Waals surface area contributed by atoms with Gasteiger partial charge in [-0.25, -0.2) is 13.8 Å². The second kappa shape index (κ2) is 8.99. The maximum atomic E-state index is 12.7. The molecule has 0 aliphatic heterocycles. The average molecular weight is 389 g/mol. The second-order valence-corrected chi connectivity index (χ2v) is 7.20. The van der Waals surface area contributed by atoms with E-state index < -0.39 is 13.0 Å². The summed E-state index contributed by atoms with van der Waals surface area (Å²) in [4.78, 5) is 19.2. The molecule has 0 saturated carbocycles. The van der Waals surface area contributed by atoms with E-state index in [2.05, 4.69) is 4.98 Å². The lowest BCUT2D eigenvalue weighted by molar-refractivity contribution is 0.0555. The molecule has 0 radical (unpaired) electrons. The maximum absolute atomic E-state index is 12.7. The summed E-state index contributed by atoms with van der Waals surface area (Å²) in [6, 6.07) is 12.9. The zero-order valence-electron chi connectivity index (χ0n) is 15.0. The van der Waals surface area contributed by atoms with E-state index >= 15 is 0 Å². The molecule has 3 aromatic rings. The molecule has 0 aliphatic carbocycles. The molecular formula is C20H21F2N3OS. The highest BCUT2D eigenvalue weighted by molar-refractivity contribution is 7.98. The van der Waals surface area contributed by atoms with Crippen molar-refractivity contribution in [1.82, 2.24) is 14.3 Å². The maximum Gasteiger partial charge on any atom is 0.255 e. The van der Waals surface area contributed by atoms with Crippen LogP contribution in [0.1, 0.15) is 29.4 Å². The number of amides is 1. The zero-order valence-corrected chi connectivity index (χ0v) is 15.8. The van der Waals surface area contributed by atoms with Crippen molar-refractivity contribution in [2.24, 2.45) is 0 Å². The van der Waals surface area contributed by atoms with Gasteiger partial charge in [0.15, 0.2) is 0 Å². The Kier molecular flexibility index (Phi) is 6.45. The van der Waals surface area contributed by atoms with Crippen molar-refractivity contribution >= 4 is 23.3 Å². The molecular weight excluding hydrogens is 368 g/mol. The van der Waals surface area contributed by atoms with Crippen molar-refractivity contribution in [3.05, 3.63) is 66.1 Å². The van der Waals surface area contributed by atoms with Crippen LogP contribution in [0, 0.1) is 0 Å². The second-order valence-electron chi connectivity index (χ2n) is 6.15. The Morgan fingerprint density at radius 2 is 2.00 bits per heavy atom. The summed E-state index contributed by atoms with van der Waals surface area (Å²) in [6.07, 6.45) is 2.07. The van der Waals surface area contributed by atoms with E-state index in [9.17, 15) is 13.6 Å². The number of imidazole rings is 1. The number of carbonyl (C=O) groups excluding carboxylic acids is 1. The number of alkyl halides is 2. The predicted octanol–water partition coefficient (Wildman–Crippen LogP) is 4.74. The first-order valence-corrected chi connectivity index (χ1v) is 9.78. The Hall–Kier alpha value is -2.41. The number of hydrogen-bond donors (Lipinski definition) is 0. The predicted molar refractivity (Wildman–Crippen MR) is 103 cm³/mol. The third-order valence-electron chi connectivity index (χ3n) is 4.04. The number of pyridine rings is 1. The van der Waals surface area contributed by atoms with Gasteiger partial charge in [-0.1, -0.05) is 13.0 Å². The lowest BCUT2D eigenvalue weighted by Crippen LogP contribution is -2.35. The van der Waals surface area contributed by atoms with Crippen LogP contribution in [0.2, 0.25) is 0 Å². The van der Waals surface area contributed by atoms with Gasteiger partial charge in [-0.15, -0.1) is 11.8 Å². The lowest BCUT2D eigenvalue weighted by atomic mass is 10.2. The molecule has 0 saturated heterocycles. The molecule has 0 unspecified atom stereocenters. The SMILES string of the molecule is CCCN(CC(F)F)C(=O)c1ccc(SCc2cn3ccccc3n2)cc1. The number of nitrogens with zero attached hydrogens (tertiary/aromatic N) is 3. The lowest BCUT2D eigenvalue weighted by Gasteiger charge is -2.21. The largest absolute Gasteiger partial charge is 0.333 e. The van der Waals surface area contributed by atoms with Crippen molar-refractivity contribution in [2.45, 2.75) is 30.4 Å². The quantitative estimate of drug-likeness (QED) is 0.522. The molecule has 0 spiro atoms. The highest BCUT2D eigenvalue weighted by Gasteiger charge is 2.18. The fourth-order valence-corrected chi connectivity index (χ4v) is 3.58. The molecule has 2 aromatic heterocycles. The fourth-order valence-electron chi connectivity index (χ4n) is 2.80. The van der Waals surface area contributed by atoms with Gasteiger partial charge in [0.2, 0.25) is 0 Å². The number of halogens is 2. The third-order valence-corrected chi connectivity index (χ3v) is 5.09. The van der Waals surface area contributed by atoms with Gasteiger partial charge in [0, 0.05) is 35.2 Å². The molecule has 0 bridgehead atoms. The molecule has 7 heteroatoms. The first kappa shape index (κ1) is 19.4. The van der Waals surface area contributed by atoms with Gasteiger partial charge in [0.25, 0.3) is 12.3 Å². The minimum Gasteiger partial charge on any atom is -0.333 e. The average Bonchev–Trinajstić information content (AvgIpc) is 3.08. The minimum atomic E-state index is -2.53. The Morgan fingerprint density at radius 3 is 2.67 bits per heavy atom. The van der Waals surface area contributed by atoms with Gasteiger partial charge in [-0.05, 0) is 42.8 Å². The van der Waals surface area contributed by atoms with Crippen LogP contribution in [0.25, 0.3) is 5.65 Å². The molecule has 4 nitrogen and oxygen atoms in total. The Morgan fingerprint density at radius 1 is 1.22 bits per heavy atom. The summed E-state index contributed by atoms with van der Waals surface area (Å²) in [5, 5.41) is 0. The van der Waals surface area contributed by atoms with Crippen LogP contribution in [0.4, 0.5) is 8.78 Å². The fraction of sp³-hybridized carbons (Fsp3) is 0.300. The van der Waals surface area contributed by atoms with Gasteiger partial charge in [0.05, 0.1) is 12.2 Å². The van der Waals surface area contributed by atoms with E-state index in [4.69, 9.17) is 0 Å². The smallest absolute Gasteiger partial charge is 0.255 e. The van der Waals surface area contributed by atoms with Gasteiger partial charge in [-0.3, -0.25) is 4.79 Å². The molecule has 0 N–H and O–H groups in total. The first-order valence-electron chi connectivity index (χ1n) is 8.79. The molecule has 0 atom stereocenters. The molecule has 1 amide bonds. The summed E-state index contributed by atoms with van der Waals surface area (Å²) in [5.41, 5.74) is 2.31. The summed E-state index contributed by atoms with van der Waals surface area (Å²) in [5.74, 6) is 0.358. The van der Waals surface area contributed by atoms with Crippen molar-refractivity contribution in [3.63, 3.8) is 0 Å². The summed E-state index contributed by atoms with van der Waals surface area (Å²) in [6.45, 7) is 1.66. The third kappa shape index (κ3) is 5.07. The number of rotatable bonds is 8. The summed E-state index contributed by atoms with van der Waals surface area (Å²) in [7, 11) is 0. The van der Waals surface area contributed by atoms with E-state index in [0.717, 1.165) is 16.2 Å². The number of fused-ring (bicyclic) bond motifs is 1. The van der Waals surface area contributed by atoms with Gasteiger partial charge >= 0.3 is 0 Å². The van der Waals surface area contributed by atoms with Crippen LogP contribution in [0.5, 0.6) is 0 Å². The van der Waals surface area contributed by atoms with E-state index in [-0.39, 0.29) is 5.91 Å². The number of benzene rings is 1. The Balaban J connectivity index is 1.62. The first-order chi connectivity index (χ1) is 13.1. The van der Waals surface area contributed by atoms with E-state index in [1.165, 1.54) is 4.90 Å². The monoisotopic (exact) mass is 389 g/mol. The summed E-state index contributed by atoms with van der Waals surface area (Å²) < 4.78 is 27.3. The molecule has 27 heavy (non-hydrogen) atoms. The molecule has 2 heterocycles. The van der Waals surface area contributed by atoms with Crippen LogP contribution in [-0.4, -0.2) is 39.7 Å². The molecule has 0 fully saturated rings. The number of aromatic nitrogens is 2. The van der Waals surface area contributed by atoms with Gasteiger partial charge in [-0.2, -0.15) is 0 Å². The molecule has 142 valence electrons. The van der Waals surface area contributed by atoms with E-state index in [0.29, 0.717) is 24.3 Å². The number of hydrogen-bond acceptors (Lipinski definition) is 3. The van der Waals surface area contributed by atoms with Crippen molar-refractivity contribution in [2.75, 3.05) is 13.1 Å². The highest BCUT2D eigenvalue weighted by atomic mass is 32.2. The highest BCUT2D eigenvalue weighted by Crippen LogP contribution is 2.23. The standard InChI is InChI=1S/C20H21F2N3OS/c1-2-10-25(13-18(21)22)20(26)15-6-8-17(9-7-15)27-14-16-12-24-11-4-3-5-19(24)23-16/h3-9,11-12,18H,2,10,13-14H2,1H3. The minimum absolute atomic E-state index is 0.327. The van der Waals surface area contributed by atoms with Crippen molar-refractivity contribution < 1.29 is 13.6 Å². The molecule has 3 rings (SSSR count). The summed E-state index contributed by atoms with van der Waals surface area (Å²) >= 11 is 1.62. The zero-order chi connectivity index (χ0) is 19.2. The topological polar surface area (TPSA) is 37.6 Å². The Bertz CT molecular complexity index is 863.